The molecule has 0 atom stereocenters. The third-order valence-corrected chi connectivity index (χ3v) is 5.84. The molecule has 4 aromatic rings. The molecule has 0 saturated heterocycles. The maximum absolute atomic E-state index is 13.7. The van der Waals surface area contributed by atoms with E-state index in [0.29, 0.717) is 21.9 Å². The summed E-state index contributed by atoms with van der Waals surface area (Å²) in [7, 11) is 0. The molecule has 3 aromatic carbocycles. The number of nitrogen functional groups attached to an aromatic ring is 1. The summed E-state index contributed by atoms with van der Waals surface area (Å²) in [5, 5.41) is 5.23. The van der Waals surface area contributed by atoms with Crippen molar-refractivity contribution in [3.8, 4) is 11.3 Å². The topological polar surface area (TPSA) is 88.3 Å². The van der Waals surface area contributed by atoms with E-state index in [1.54, 1.807) is 53.4 Å². The van der Waals surface area contributed by atoms with Crippen molar-refractivity contribution in [1.29, 1.82) is 0 Å². The monoisotopic (exact) mass is 474 g/mol. The number of rotatable bonds is 8. The first-order valence-electron chi connectivity index (χ1n) is 10.7. The highest BCUT2D eigenvalue weighted by Crippen LogP contribution is 2.24. The van der Waals surface area contributed by atoms with Crippen molar-refractivity contribution in [2.24, 2.45) is 0 Å². The number of hydrogen-bond acceptors (Lipinski definition) is 5. The van der Waals surface area contributed by atoms with Gasteiger partial charge in [-0.15, -0.1) is 11.3 Å². The molecule has 3 N–H and O–H groups in total. The largest absolute Gasteiger partial charge is 0.375 e. The van der Waals surface area contributed by atoms with Gasteiger partial charge in [-0.2, -0.15) is 0 Å². The number of thiazole rings is 1. The SMILES string of the molecule is Nc1nc(-c2ccc(NC(=O)CCN(Cc3cccc(F)c3)C(=O)c3ccccc3)cc2)cs1. The Kier molecular flexibility index (Phi) is 7.29. The molecule has 0 unspecified atom stereocenters. The summed E-state index contributed by atoms with van der Waals surface area (Å²) < 4.78 is 13.7. The van der Waals surface area contributed by atoms with Crippen molar-refractivity contribution in [2.75, 3.05) is 17.6 Å². The molecular weight excluding hydrogens is 451 g/mol. The van der Waals surface area contributed by atoms with E-state index < -0.39 is 0 Å². The fraction of sp³-hybridized carbons (Fsp3) is 0.115. The van der Waals surface area contributed by atoms with E-state index in [-0.39, 0.29) is 37.1 Å². The lowest BCUT2D eigenvalue weighted by molar-refractivity contribution is -0.116. The van der Waals surface area contributed by atoms with Gasteiger partial charge in [-0.1, -0.05) is 42.5 Å². The van der Waals surface area contributed by atoms with E-state index in [1.807, 2.05) is 23.6 Å². The predicted molar refractivity (Wildman–Crippen MR) is 133 cm³/mol. The Labute approximate surface area is 200 Å². The molecule has 0 radical (unpaired) electrons. The highest BCUT2D eigenvalue weighted by molar-refractivity contribution is 7.13. The van der Waals surface area contributed by atoms with Crippen LogP contribution < -0.4 is 11.1 Å². The summed E-state index contributed by atoms with van der Waals surface area (Å²) in [6, 6.07) is 22.2. The Bertz CT molecular complexity index is 1280. The molecule has 2 amide bonds. The summed E-state index contributed by atoms with van der Waals surface area (Å²) in [5.41, 5.74) is 9.18. The van der Waals surface area contributed by atoms with Crippen LogP contribution in [0.1, 0.15) is 22.3 Å². The van der Waals surface area contributed by atoms with Crippen molar-refractivity contribution in [1.82, 2.24) is 9.88 Å². The number of halogens is 1. The Morgan fingerprint density at radius 2 is 1.76 bits per heavy atom. The van der Waals surface area contributed by atoms with E-state index in [9.17, 15) is 14.0 Å². The maximum atomic E-state index is 13.7. The Balaban J connectivity index is 1.40. The number of benzene rings is 3. The predicted octanol–water partition coefficient (Wildman–Crippen LogP) is 5.20. The van der Waals surface area contributed by atoms with Gasteiger partial charge in [-0.3, -0.25) is 9.59 Å². The number of nitrogens with one attached hydrogen (secondary N) is 1. The van der Waals surface area contributed by atoms with Crippen LogP contribution in [-0.4, -0.2) is 28.2 Å². The lowest BCUT2D eigenvalue weighted by atomic mass is 10.1. The molecule has 0 saturated carbocycles. The van der Waals surface area contributed by atoms with Crippen molar-refractivity contribution < 1.29 is 14.0 Å². The summed E-state index contributed by atoms with van der Waals surface area (Å²) in [4.78, 5) is 31.5. The standard InChI is InChI=1S/C26H23FN4O2S/c27-21-8-4-5-18(15-21)16-31(25(33)20-6-2-1-3-7-20)14-13-24(32)29-22-11-9-19(10-12-22)23-17-34-26(28)30-23/h1-12,15,17H,13-14,16H2,(H2,28,30)(H,29,32). The normalized spacial score (nSPS) is 10.6. The van der Waals surface area contributed by atoms with Crippen molar-refractivity contribution in [3.05, 3.63) is 101 Å². The van der Waals surface area contributed by atoms with Gasteiger partial charge in [0.1, 0.15) is 5.82 Å². The summed E-state index contributed by atoms with van der Waals surface area (Å²) in [5.74, 6) is -0.813. The molecule has 4 rings (SSSR count). The van der Waals surface area contributed by atoms with Crippen LogP contribution in [0.4, 0.5) is 15.2 Å². The van der Waals surface area contributed by atoms with Crippen LogP contribution in [0.25, 0.3) is 11.3 Å². The first-order chi connectivity index (χ1) is 16.5. The third-order valence-electron chi connectivity index (χ3n) is 5.17. The second-order valence-electron chi connectivity index (χ2n) is 7.67. The molecular formula is C26H23FN4O2S. The molecule has 0 aliphatic rings. The smallest absolute Gasteiger partial charge is 0.254 e. The van der Waals surface area contributed by atoms with Crippen LogP contribution in [0.3, 0.4) is 0 Å². The van der Waals surface area contributed by atoms with Gasteiger partial charge in [-0.05, 0) is 42.0 Å². The first-order valence-corrected chi connectivity index (χ1v) is 11.6. The number of hydrogen-bond donors (Lipinski definition) is 2. The minimum Gasteiger partial charge on any atom is -0.375 e. The Morgan fingerprint density at radius 3 is 2.44 bits per heavy atom. The molecule has 0 bridgehead atoms. The molecule has 1 aromatic heterocycles. The first kappa shape index (κ1) is 23.1. The van der Waals surface area contributed by atoms with E-state index in [4.69, 9.17) is 5.73 Å². The molecule has 34 heavy (non-hydrogen) atoms. The summed E-state index contributed by atoms with van der Waals surface area (Å²) in [6.45, 7) is 0.385. The molecule has 6 nitrogen and oxygen atoms in total. The Morgan fingerprint density at radius 1 is 1.00 bits per heavy atom. The average Bonchev–Trinajstić information content (AvgIpc) is 3.28. The fourth-order valence-corrected chi connectivity index (χ4v) is 4.05. The van der Waals surface area contributed by atoms with Gasteiger partial charge in [0.2, 0.25) is 5.91 Å². The molecule has 0 fully saturated rings. The maximum Gasteiger partial charge on any atom is 0.254 e. The van der Waals surface area contributed by atoms with Crippen molar-refractivity contribution in [2.45, 2.75) is 13.0 Å². The highest BCUT2D eigenvalue weighted by atomic mass is 32.1. The molecule has 8 heteroatoms. The quantitative estimate of drug-likeness (QED) is 0.367. The van der Waals surface area contributed by atoms with Gasteiger partial charge >= 0.3 is 0 Å². The highest BCUT2D eigenvalue weighted by Gasteiger charge is 2.18. The van der Waals surface area contributed by atoms with Crippen LogP contribution in [-0.2, 0) is 11.3 Å². The van der Waals surface area contributed by atoms with E-state index in [2.05, 4.69) is 10.3 Å². The summed E-state index contributed by atoms with van der Waals surface area (Å²) in [6.07, 6.45) is 0.0955. The van der Waals surface area contributed by atoms with Gasteiger partial charge in [-0.25, -0.2) is 9.37 Å². The zero-order valence-electron chi connectivity index (χ0n) is 18.3. The van der Waals surface area contributed by atoms with Crippen LogP contribution in [0.5, 0.6) is 0 Å². The number of nitrogens with two attached hydrogens (primary N) is 1. The zero-order valence-corrected chi connectivity index (χ0v) is 19.1. The number of nitrogens with zero attached hydrogens (tertiary/aromatic N) is 2. The lowest BCUT2D eigenvalue weighted by Crippen LogP contribution is -2.33. The molecule has 0 spiro atoms. The van der Waals surface area contributed by atoms with Gasteiger partial charge < -0.3 is 16.0 Å². The number of anilines is 2. The van der Waals surface area contributed by atoms with Gasteiger partial charge in [0.15, 0.2) is 5.13 Å². The third kappa shape index (κ3) is 6.05. The van der Waals surface area contributed by atoms with Crippen LogP contribution in [0, 0.1) is 5.82 Å². The second-order valence-corrected chi connectivity index (χ2v) is 8.56. The minimum atomic E-state index is -0.369. The average molecular weight is 475 g/mol. The second kappa shape index (κ2) is 10.7. The van der Waals surface area contributed by atoms with Gasteiger partial charge in [0, 0.05) is 41.7 Å². The van der Waals surface area contributed by atoms with E-state index >= 15 is 0 Å². The van der Waals surface area contributed by atoms with Crippen LogP contribution >= 0.6 is 11.3 Å². The van der Waals surface area contributed by atoms with E-state index in [0.717, 1.165) is 11.3 Å². The number of aromatic nitrogens is 1. The molecule has 1 heterocycles. The van der Waals surface area contributed by atoms with Gasteiger partial charge in [0.05, 0.1) is 5.69 Å². The number of amides is 2. The van der Waals surface area contributed by atoms with Gasteiger partial charge in [0.25, 0.3) is 5.91 Å². The van der Waals surface area contributed by atoms with Crippen molar-refractivity contribution >= 4 is 34.0 Å². The lowest BCUT2D eigenvalue weighted by Gasteiger charge is -2.23. The molecule has 172 valence electrons. The van der Waals surface area contributed by atoms with Crippen molar-refractivity contribution in [3.63, 3.8) is 0 Å². The zero-order chi connectivity index (χ0) is 23.9. The minimum absolute atomic E-state index is 0.0955. The molecule has 0 aliphatic heterocycles. The van der Waals surface area contributed by atoms with E-state index in [1.165, 1.54) is 23.5 Å². The van der Waals surface area contributed by atoms with Crippen LogP contribution in [0.15, 0.2) is 84.2 Å². The Hall–Kier alpha value is -4.04. The number of carbonyl (C=O) groups is 2. The molecule has 0 aliphatic carbocycles. The summed E-state index contributed by atoms with van der Waals surface area (Å²) >= 11 is 1.37. The van der Waals surface area contributed by atoms with Crippen LogP contribution in [0.2, 0.25) is 0 Å². The number of carbonyl (C=O) groups excluding carboxylic acids is 2. The fourth-order valence-electron chi connectivity index (χ4n) is 3.48.